The maximum atomic E-state index is 13.5. The number of benzene rings is 1. The Bertz CT molecular complexity index is 1170. The van der Waals surface area contributed by atoms with Crippen LogP contribution in [0.2, 0.25) is 0 Å². The Labute approximate surface area is 190 Å². The van der Waals surface area contributed by atoms with Crippen molar-refractivity contribution in [3.63, 3.8) is 0 Å². The Balaban J connectivity index is 1.59. The van der Waals surface area contributed by atoms with Gasteiger partial charge in [0, 0.05) is 23.9 Å². The van der Waals surface area contributed by atoms with Crippen LogP contribution in [0.25, 0.3) is 11.0 Å². The molecule has 170 valence electrons. The molecule has 4 N–H and O–H groups in total. The van der Waals surface area contributed by atoms with Crippen LogP contribution in [0.1, 0.15) is 39.1 Å². The second-order valence-electron chi connectivity index (χ2n) is 8.81. The molecule has 2 aliphatic heterocycles. The number of fused-ring (bicyclic) bond motifs is 1. The van der Waals surface area contributed by atoms with Crippen LogP contribution in [-0.2, 0) is 16.6 Å². The lowest BCUT2D eigenvalue weighted by atomic mass is 10.3. The summed E-state index contributed by atoms with van der Waals surface area (Å²) in [7, 11) is -3.66. The van der Waals surface area contributed by atoms with Gasteiger partial charge in [0.1, 0.15) is 0 Å². The minimum atomic E-state index is -3.66. The highest BCUT2D eigenvalue weighted by Gasteiger charge is 2.41. The number of hydrogen-bond acceptors (Lipinski definition) is 8. The van der Waals surface area contributed by atoms with E-state index in [0.29, 0.717) is 17.4 Å². The van der Waals surface area contributed by atoms with Crippen molar-refractivity contribution in [1.82, 2.24) is 30.0 Å². The number of aromatic nitrogens is 2. The molecule has 5 rings (SSSR count). The van der Waals surface area contributed by atoms with E-state index in [4.69, 9.17) is 0 Å². The fourth-order valence-corrected chi connectivity index (χ4v) is 7.74. The van der Waals surface area contributed by atoms with Gasteiger partial charge in [0.25, 0.3) is 0 Å². The number of hydrogen-bond donors (Lipinski definition) is 4. The number of hydrazine groups is 1. The maximum absolute atomic E-state index is 13.5. The number of nitrogens with zero attached hydrogens (tertiary/aromatic N) is 2. The van der Waals surface area contributed by atoms with Crippen LogP contribution in [0, 0.1) is 0 Å². The molecule has 4 atom stereocenters. The molecule has 0 bridgehead atoms. The third-order valence-electron chi connectivity index (χ3n) is 6.02. The number of nitrogens with one attached hydrogen (secondary N) is 4. The molecule has 9 nitrogen and oxygen atoms in total. The number of thioether (sulfide) groups is 2. The summed E-state index contributed by atoms with van der Waals surface area (Å²) < 4.78 is 32.2. The summed E-state index contributed by atoms with van der Waals surface area (Å²) >= 11 is 3.40. The SMILES string of the molecule is CC1NCC(Cn2c(=O)n(C3NNC(C)S3)c3cc(S(=O)(=O)NC4(C)CC4)ccc32)S1. The molecule has 2 saturated heterocycles. The van der Waals surface area contributed by atoms with E-state index >= 15 is 0 Å². The molecule has 3 heterocycles. The largest absolute Gasteiger partial charge is 0.331 e. The molecular formula is C19H28N6O3S3. The quantitative estimate of drug-likeness (QED) is 0.486. The lowest BCUT2D eigenvalue weighted by Gasteiger charge is -2.14. The van der Waals surface area contributed by atoms with Crippen molar-refractivity contribution in [3.05, 3.63) is 28.7 Å². The van der Waals surface area contributed by atoms with Crippen molar-refractivity contribution in [3.8, 4) is 0 Å². The molecule has 31 heavy (non-hydrogen) atoms. The molecule has 1 aromatic carbocycles. The predicted molar refractivity (Wildman–Crippen MR) is 125 cm³/mol. The first-order valence-corrected chi connectivity index (χ1v) is 13.9. The Hall–Kier alpha value is -1.02. The first-order chi connectivity index (χ1) is 14.7. The zero-order valence-corrected chi connectivity index (χ0v) is 20.2. The zero-order chi connectivity index (χ0) is 22.0. The number of rotatable bonds is 6. The normalized spacial score (nSPS) is 30.3. The molecular weight excluding hydrogens is 456 g/mol. The van der Waals surface area contributed by atoms with E-state index in [1.807, 2.05) is 25.6 Å². The average Bonchev–Trinajstić information content (AvgIpc) is 3.03. The standard InChI is InChI=1S/C19H28N6O3S3/c1-11-20-9-13(29-11)10-24-15-5-4-14(31(27,28)23-19(3)6-7-19)8-16(15)25(18(24)26)17-22-21-12(2)30-17/h4-5,8,11-13,17,20-23H,6-7,9-10H2,1-3H3. The van der Waals surface area contributed by atoms with Crippen LogP contribution >= 0.6 is 23.5 Å². The lowest BCUT2D eigenvalue weighted by molar-refractivity contribution is 0.475. The highest BCUT2D eigenvalue weighted by molar-refractivity contribution is 8.00. The van der Waals surface area contributed by atoms with Gasteiger partial charge in [0.15, 0.2) is 5.50 Å². The monoisotopic (exact) mass is 484 g/mol. The van der Waals surface area contributed by atoms with Gasteiger partial charge in [-0.25, -0.2) is 28.8 Å². The van der Waals surface area contributed by atoms with Crippen LogP contribution in [0.15, 0.2) is 27.9 Å². The van der Waals surface area contributed by atoms with E-state index in [1.165, 1.54) is 0 Å². The first kappa shape index (κ1) is 21.8. The summed E-state index contributed by atoms with van der Waals surface area (Å²) in [5.74, 6) is 0. The van der Waals surface area contributed by atoms with Crippen LogP contribution < -0.4 is 26.6 Å². The summed E-state index contributed by atoms with van der Waals surface area (Å²) in [4.78, 5) is 13.7. The third kappa shape index (κ3) is 4.19. The lowest BCUT2D eigenvalue weighted by Crippen LogP contribution is -2.36. The molecule has 3 fully saturated rings. The van der Waals surface area contributed by atoms with Crippen molar-refractivity contribution in [1.29, 1.82) is 0 Å². The van der Waals surface area contributed by atoms with Crippen LogP contribution in [0.5, 0.6) is 0 Å². The maximum Gasteiger partial charge on any atom is 0.331 e. The van der Waals surface area contributed by atoms with Crippen molar-refractivity contribution in [2.45, 2.75) is 72.1 Å². The van der Waals surface area contributed by atoms with E-state index in [0.717, 1.165) is 24.9 Å². The minimum Gasteiger partial charge on any atom is -0.304 e. The summed E-state index contributed by atoms with van der Waals surface area (Å²) in [5.41, 5.74) is 6.86. The fourth-order valence-electron chi connectivity index (χ4n) is 4.07. The Kier molecular flexibility index (Phi) is 5.48. The molecule has 3 aliphatic rings. The molecule has 2 aromatic rings. The van der Waals surface area contributed by atoms with Gasteiger partial charge in [0.05, 0.1) is 26.7 Å². The summed E-state index contributed by atoms with van der Waals surface area (Å²) in [6, 6.07) is 5.01. The summed E-state index contributed by atoms with van der Waals surface area (Å²) in [6.45, 7) is 7.46. The van der Waals surface area contributed by atoms with E-state index < -0.39 is 10.0 Å². The van der Waals surface area contributed by atoms with Gasteiger partial charge in [0.2, 0.25) is 10.0 Å². The Morgan fingerprint density at radius 3 is 2.55 bits per heavy atom. The number of imidazole rings is 1. The van der Waals surface area contributed by atoms with E-state index in [1.54, 1.807) is 39.1 Å². The molecule has 0 radical (unpaired) electrons. The van der Waals surface area contributed by atoms with Crippen molar-refractivity contribution in [2.75, 3.05) is 6.54 Å². The van der Waals surface area contributed by atoms with Crippen LogP contribution in [-0.4, -0.2) is 45.6 Å². The van der Waals surface area contributed by atoms with Crippen molar-refractivity contribution < 1.29 is 8.42 Å². The highest BCUT2D eigenvalue weighted by atomic mass is 32.2. The van der Waals surface area contributed by atoms with Gasteiger partial charge in [-0.05, 0) is 51.8 Å². The topological polar surface area (TPSA) is 109 Å². The molecule has 0 spiro atoms. The Morgan fingerprint density at radius 2 is 1.94 bits per heavy atom. The van der Waals surface area contributed by atoms with Gasteiger partial charge >= 0.3 is 5.69 Å². The van der Waals surface area contributed by atoms with Crippen LogP contribution in [0.4, 0.5) is 0 Å². The molecule has 1 aliphatic carbocycles. The van der Waals surface area contributed by atoms with Crippen molar-refractivity contribution in [2.24, 2.45) is 0 Å². The first-order valence-electron chi connectivity index (χ1n) is 10.5. The fraction of sp³-hybridized carbons (Fsp3) is 0.632. The zero-order valence-electron chi connectivity index (χ0n) is 17.7. The summed E-state index contributed by atoms with van der Waals surface area (Å²) in [5, 5.41) is 4.19. The van der Waals surface area contributed by atoms with Crippen molar-refractivity contribution >= 4 is 44.6 Å². The van der Waals surface area contributed by atoms with Gasteiger partial charge in [-0.3, -0.25) is 9.13 Å². The van der Waals surface area contributed by atoms with Gasteiger partial charge in [-0.2, -0.15) is 0 Å². The molecule has 0 amide bonds. The molecule has 4 unspecified atom stereocenters. The second-order valence-corrected chi connectivity index (χ2v) is 13.6. The van der Waals surface area contributed by atoms with E-state index in [9.17, 15) is 13.2 Å². The van der Waals surface area contributed by atoms with Gasteiger partial charge in [-0.15, -0.1) is 11.8 Å². The molecule has 12 heteroatoms. The highest BCUT2D eigenvalue weighted by Crippen LogP contribution is 2.36. The predicted octanol–water partition coefficient (Wildman–Crippen LogP) is 1.33. The Morgan fingerprint density at radius 1 is 1.16 bits per heavy atom. The van der Waals surface area contributed by atoms with Gasteiger partial charge in [-0.1, -0.05) is 11.8 Å². The van der Waals surface area contributed by atoms with Crippen LogP contribution in [0.3, 0.4) is 0 Å². The van der Waals surface area contributed by atoms with Gasteiger partial charge < -0.3 is 5.32 Å². The summed E-state index contributed by atoms with van der Waals surface area (Å²) in [6.07, 6.45) is 1.68. The second kappa shape index (κ2) is 7.79. The average molecular weight is 485 g/mol. The van der Waals surface area contributed by atoms with E-state index in [-0.39, 0.29) is 32.2 Å². The smallest absolute Gasteiger partial charge is 0.304 e. The molecule has 1 aromatic heterocycles. The minimum absolute atomic E-state index is 0.132. The number of sulfonamides is 1. The molecule has 1 saturated carbocycles. The van der Waals surface area contributed by atoms with E-state index in [2.05, 4.69) is 27.8 Å². The third-order valence-corrected chi connectivity index (χ3v) is 10.0.